The van der Waals surface area contributed by atoms with E-state index in [1.807, 2.05) is 55.5 Å². The first-order valence-corrected chi connectivity index (χ1v) is 6.41. The minimum Gasteiger partial charge on any atom is -0.437 e. The molecule has 1 aromatic carbocycles. The van der Waals surface area contributed by atoms with E-state index in [2.05, 4.69) is 16.7 Å². The molecule has 3 aromatic rings. The van der Waals surface area contributed by atoms with E-state index >= 15 is 0 Å². The third kappa shape index (κ3) is 1.93. The van der Waals surface area contributed by atoms with Crippen molar-refractivity contribution in [2.75, 3.05) is 0 Å². The molecule has 3 heteroatoms. The molecule has 98 valence electrons. The molecule has 3 rings (SSSR count). The molecule has 0 spiro atoms. The van der Waals surface area contributed by atoms with Gasteiger partial charge < -0.3 is 4.42 Å². The van der Waals surface area contributed by atoms with E-state index in [-0.39, 0.29) is 0 Å². The first-order valence-electron chi connectivity index (χ1n) is 6.41. The molecule has 0 aliphatic heterocycles. The van der Waals surface area contributed by atoms with Crippen LogP contribution in [0.5, 0.6) is 0 Å². The molecule has 0 atom stereocenters. The zero-order chi connectivity index (χ0) is 13.9. The molecule has 0 unspecified atom stereocenters. The van der Waals surface area contributed by atoms with Gasteiger partial charge in [-0.1, -0.05) is 30.4 Å². The Kier molecular flexibility index (Phi) is 3.17. The molecule has 0 saturated carbocycles. The largest absolute Gasteiger partial charge is 0.437 e. The SMILES string of the molecule is C=Nc1oc2c(-c3ccccn3)cccc2c1/C=C\C. The van der Waals surface area contributed by atoms with Gasteiger partial charge in [0.05, 0.1) is 5.69 Å². The minimum atomic E-state index is 0.543. The van der Waals surface area contributed by atoms with Crippen LogP contribution in [0.15, 0.2) is 58.1 Å². The number of aliphatic imine (C=N–C) groups is 1. The van der Waals surface area contributed by atoms with Gasteiger partial charge in [-0.15, -0.1) is 0 Å². The first kappa shape index (κ1) is 12.4. The summed E-state index contributed by atoms with van der Waals surface area (Å²) < 4.78 is 5.87. The van der Waals surface area contributed by atoms with E-state index in [1.54, 1.807) is 6.20 Å². The summed E-state index contributed by atoms with van der Waals surface area (Å²) >= 11 is 0. The third-order valence-electron chi connectivity index (χ3n) is 3.15. The van der Waals surface area contributed by atoms with E-state index < -0.39 is 0 Å². The van der Waals surface area contributed by atoms with Crippen LogP contribution in [0.2, 0.25) is 0 Å². The highest BCUT2D eigenvalue weighted by atomic mass is 16.3. The predicted molar refractivity (Wildman–Crippen MR) is 83.4 cm³/mol. The Balaban J connectivity index is 2.34. The molecule has 3 nitrogen and oxygen atoms in total. The van der Waals surface area contributed by atoms with Gasteiger partial charge in [-0.05, 0) is 31.8 Å². The maximum atomic E-state index is 5.87. The van der Waals surface area contributed by atoms with Crippen LogP contribution in [0.25, 0.3) is 28.3 Å². The fourth-order valence-corrected chi connectivity index (χ4v) is 2.29. The summed E-state index contributed by atoms with van der Waals surface area (Å²) in [6, 6.07) is 11.8. The van der Waals surface area contributed by atoms with Crippen molar-refractivity contribution >= 4 is 29.6 Å². The summed E-state index contributed by atoms with van der Waals surface area (Å²) in [4.78, 5) is 8.36. The van der Waals surface area contributed by atoms with Crippen LogP contribution in [-0.4, -0.2) is 11.7 Å². The standard InChI is InChI=1S/C17H14N2O/c1-3-7-13-12-8-6-9-14(15-10-4-5-11-19-15)16(12)20-17(13)18-2/h3-11H,2H2,1H3/b7-3-. The van der Waals surface area contributed by atoms with Crippen molar-refractivity contribution in [1.82, 2.24) is 4.98 Å². The Morgan fingerprint density at radius 2 is 2.10 bits per heavy atom. The normalized spacial score (nSPS) is 11.2. The summed E-state index contributed by atoms with van der Waals surface area (Å²) in [7, 11) is 0. The topological polar surface area (TPSA) is 38.4 Å². The maximum Gasteiger partial charge on any atom is 0.226 e. The Morgan fingerprint density at radius 3 is 2.80 bits per heavy atom. The molecule has 0 saturated heterocycles. The van der Waals surface area contributed by atoms with Crippen molar-refractivity contribution in [3.63, 3.8) is 0 Å². The van der Waals surface area contributed by atoms with Gasteiger partial charge in [0.1, 0.15) is 5.58 Å². The maximum absolute atomic E-state index is 5.87. The predicted octanol–water partition coefficient (Wildman–Crippen LogP) is 4.86. The number of rotatable bonds is 3. The van der Waals surface area contributed by atoms with Crippen molar-refractivity contribution in [1.29, 1.82) is 0 Å². The Hall–Kier alpha value is -2.68. The number of para-hydroxylation sites is 1. The van der Waals surface area contributed by atoms with E-state index in [4.69, 9.17) is 4.42 Å². The number of fused-ring (bicyclic) bond motifs is 1. The number of benzene rings is 1. The smallest absolute Gasteiger partial charge is 0.226 e. The quantitative estimate of drug-likeness (QED) is 0.632. The average Bonchev–Trinajstić information content (AvgIpc) is 2.86. The summed E-state index contributed by atoms with van der Waals surface area (Å²) in [6.07, 6.45) is 5.72. The van der Waals surface area contributed by atoms with E-state index in [9.17, 15) is 0 Å². The van der Waals surface area contributed by atoms with Crippen LogP contribution in [0.3, 0.4) is 0 Å². The van der Waals surface area contributed by atoms with Crippen LogP contribution in [0.1, 0.15) is 12.5 Å². The van der Waals surface area contributed by atoms with E-state index in [0.29, 0.717) is 5.88 Å². The Labute approximate surface area is 117 Å². The monoisotopic (exact) mass is 262 g/mol. The number of aromatic nitrogens is 1. The summed E-state index contributed by atoms with van der Waals surface area (Å²) in [5.74, 6) is 0.543. The summed E-state index contributed by atoms with van der Waals surface area (Å²) in [5, 5.41) is 1.02. The number of furan rings is 1. The van der Waals surface area contributed by atoms with Crippen molar-refractivity contribution in [2.24, 2.45) is 4.99 Å². The lowest BCUT2D eigenvalue weighted by Gasteiger charge is -2.00. The minimum absolute atomic E-state index is 0.543. The second-order valence-corrected chi connectivity index (χ2v) is 4.38. The molecule has 0 bridgehead atoms. The Bertz CT molecular complexity index is 785. The highest BCUT2D eigenvalue weighted by molar-refractivity contribution is 5.99. The van der Waals surface area contributed by atoms with Gasteiger partial charge in [-0.25, -0.2) is 4.99 Å². The Morgan fingerprint density at radius 1 is 1.20 bits per heavy atom. The number of hydrogen-bond acceptors (Lipinski definition) is 3. The molecule has 2 heterocycles. The van der Waals surface area contributed by atoms with Gasteiger partial charge in [0.2, 0.25) is 5.88 Å². The van der Waals surface area contributed by atoms with Gasteiger partial charge in [0.15, 0.2) is 0 Å². The van der Waals surface area contributed by atoms with Gasteiger partial charge in [-0.3, -0.25) is 4.98 Å². The fraction of sp³-hybridized carbons (Fsp3) is 0.0588. The highest BCUT2D eigenvalue weighted by Gasteiger charge is 2.15. The molecule has 0 N–H and O–H groups in total. The average molecular weight is 262 g/mol. The highest BCUT2D eigenvalue weighted by Crippen LogP contribution is 2.37. The molecule has 0 aliphatic carbocycles. The van der Waals surface area contributed by atoms with Gasteiger partial charge in [0.25, 0.3) is 0 Å². The second kappa shape index (κ2) is 5.13. The van der Waals surface area contributed by atoms with Crippen molar-refractivity contribution < 1.29 is 4.42 Å². The lowest BCUT2D eigenvalue weighted by atomic mass is 10.1. The number of nitrogens with zero attached hydrogens (tertiary/aromatic N) is 2. The third-order valence-corrected chi connectivity index (χ3v) is 3.15. The lowest BCUT2D eigenvalue weighted by Crippen LogP contribution is -1.82. The zero-order valence-electron chi connectivity index (χ0n) is 11.2. The van der Waals surface area contributed by atoms with Crippen LogP contribution < -0.4 is 0 Å². The fourth-order valence-electron chi connectivity index (χ4n) is 2.29. The van der Waals surface area contributed by atoms with Gasteiger partial charge in [-0.2, -0.15) is 0 Å². The molecule has 2 aromatic heterocycles. The number of allylic oxidation sites excluding steroid dienone is 1. The van der Waals surface area contributed by atoms with E-state index in [0.717, 1.165) is 27.8 Å². The molecular formula is C17H14N2O. The van der Waals surface area contributed by atoms with E-state index in [1.165, 1.54) is 0 Å². The van der Waals surface area contributed by atoms with Crippen LogP contribution in [0, 0.1) is 0 Å². The lowest BCUT2D eigenvalue weighted by molar-refractivity contribution is 0.627. The van der Waals surface area contributed by atoms with Gasteiger partial charge >= 0.3 is 0 Å². The number of hydrogen-bond donors (Lipinski definition) is 0. The molecule has 20 heavy (non-hydrogen) atoms. The van der Waals surface area contributed by atoms with Crippen molar-refractivity contribution in [3.8, 4) is 11.3 Å². The van der Waals surface area contributed by atoms with Crippen molar-refractivity contribution in [3.05, 3.63) is 54.2 Å². The molecule has 0 amide bonds. The van der Waals surface area contributed by atoms with Crippen molar-refractivity contribution in [2.45, 2.75) is 6.92 Å². The van der Waals surface area contributed by atoms with Crippen LogP contribution in [0.4, 0.5) is 5.88 Å². The molecule has 0 aliphatic rings. The van der Waals surface area contributed by atoms with Gasteiger partial charge in [0, 0.05) is 22.7 Å². The van der Waals surface area contributed by atoms with Crippen LogP contribution >= 0.6 is 0 Å². The molecule has 0 radical (unpaired) electrons. The number of pyridine rings is 1. The molecular weight excluding hydrogens is 248 g/mol. The zero-order valence-corrected chi connectivity index (χ0v) is 11.2. The van der Waals surface area contributed by atoms with Crippen LogP contribution in [-0.2, 0) is 0 Å². The first-order chi connectivity index (χ1) is 9.85. The summed E-state index contributed by atoms with van der Waals surface area (Å²) in [6.45, 7) is 5.54. The molecule has 0 fully saturated rings. The second-order valence-electron chi connectivity index (χ2n) is 4.38. The summed E-state index contributed by atoms with van der Waals surface area (Å²) in [5.41, 5.74) is 3.59.